The maximum atomic E-state index is 12.6. The minimum Gasteiger partial charge on any atom is -0.352 e. The van der Waals surface area contributed by atoms with E-state index < -0.39 is 17.0 Å². The Bertz CT molecular complexity index is 772. The average molecular weight is 490 g/mol. The number of amides is 2. The molecule has 2 amide bonds. The average Bonchev–Trinajstić information content (AvgIpc) is 2.80. The van der Waals surface area contributed by atoms with Crippen LogP contribution in [0.5, 0.6) is 0 Å². The van der Waals surface area contributed by atoms with Crippen molar-refractivity contribution in [2.75, 3.05) is 6.54 Å². The van der Waals surface area contributed by atoms with Crippen LogP contribution in [0.2, 0.25) is 0 Å². The third kappa shape index (κ3) is 16.2. The quantitative estimate of drug-likeness (QED) is 0.0701. The fourth-order valence-electron chi connectivity index (χ4n) is 3.47. The van der Waals surface area contributed by atoms with Gasteiger partial charge in [0.1, 0.15) is 6.04 Å². The number of nitrogens with zero attached hydrogens (tertiary/aromatic N) is 1. The van der Waals surface area contributed by atoms with E-state index in [1.54, 1.807) is 12.0 Å². The fourth-order valence-corrected chi connectivity index (χ4v) is 3.47. The molecule has 0 aliphatic carbocycles. The monoisotopic (exact) mass is 489 g/mol. The van der Waals surface area contributed by atoms with Crippen molar-refractivity contribution < 1.29 is 14.6 Å². The molecular weight excluding hydrogens is 448 g/mol. The molecule has 35 heavy (non-hydrogen) atoms. The van der Waals surface area contributed by atoms with E-state index in [1.165, 1.54) is 5.56 Å². The van der Waals surface area contributed by atoms with Crippen molar-refractivity contribution in [3.8, 4) is 0 Å². The van der Waals surface area contributed by atoms with E-state index >= 15 is 0 Å². The van der Waals surface area contributed by atoms with Gasteiger partial charge in [-0.15, -0.1) is 0 Å². The molecule has 0 unspecified atom stereocenters. The number of carbonyl (C=O) groups is 2. The van der Waals surface area contributed by atoms with Crippen LogP contribution >= 0.6 is 0 Å². The highest BCUT2D eigenvalue weighted by Crippen LogP contribution is 2.10. The maximum absolute atomic E-state index is 12.6. The van der Waals surface area contributed by atoms with Crippen molar-refractivity contribution in [3.05, 3.63) is 52.6 Å². The molecule has 0 saturated carbocycles. The number of hydrazine groups is 1. The van der Waals surface area contributed by atoms with Gasteiger partial charge in [-0.2, -0.15) is 0 Å². The van der Waals surface area contributed by atoms with E-state index in [-0.39, 0.29) is 18.4 Å². The number of nitro groups is 1. The lowest BCUT2D eigenvalue weighted by atomic mass is 10.0. The van der Waals surface area contributed by atoms with Crippen LogP contribution in [0, 0.1) is 28.0 Å². The summed E-state index contributed by atoms with van der Waals surface area (Å²) in [5.41, 5.74) is 3.06. The van der Waals surface area contributed by atoms with Gasteiger partial charge in [0.25, 0.3) is 5.96 Å². The highest BCUT2D eigenvalue weighted by molar-refractivity contribution is 5.87. The first-order valence-electron chi connectivity index (χ1n) is 12.5. The Hall–Kier alpha value is -3.17. The molecule has 0 bridgehead atoms. The summed E-state index contributed by atoms with van der Waals surface area (Å²) in [7, 11) is 0. The number of unbranched alkanes of at least 4 members (excludes halogenated alkanes) is 4. The van der Waals surface area contributed by atoms with Gasteiger partial charge >= 0.3 is 0 Å². The molecular formula is C25H41N6O4. The predicted octanol–water partition coefficient (Wildman–Crippen LogP) is 3.46. The third-order valence-electron chi connectivity index (χ3n) is 5.37. The van der Waals surface area contributed by atoms with Crippen molar-refractivity contribution in [1.29, 1.82) is 5.41 Å². The van der Waals surface area contributed by atoms with Crippen molar-refractivity contribution >= 4 is 17.8 Å². The van der Waals surface area contributed by atoms with Gasteiger partial charge in [0.15, 0.2) is 5.03 Å². The Morgan fingerprint density at radius 3 is 2.43 bits per heavy atom. The molecule has 0 fully saturated rings. The molecule has 0 heterocycles. The van der Waals surface area contributed by atoms with E-state index in [4.69, 9.17) is 5.41 Å². The Morgan fingerprint density at radius 2 is 1.74 bits per heavy atom. The number of rotatable bonds is 18. The van der Waals surface area contributed by atoms with Gasteiger partial charge in [-0.1, -0.05) is 68.9 Å². The molecule has 0 saturated heterocycles. The lowest BCUT2D eigenvalue weighted by Crippen LogP contribution is -2.46. The predicted molar refractivity (Wildman–Crippen MR) is 137 cm³/mol. The molecule has 1 radical (unpaired) electrons. The van der Waals surface area contributed by atoms with Crippen LogP contribution in [-0.2, 0) is 16.0 Å². The van der Waals surface area contributed by atoms with Gasteiger partial charge in [-0.25, -0.2) is 10.1 Å². The van der Waals surface area contributed by atoms with Gasteiger partial charge in [0, 0.05) is 19.5 Å². The van der Waals surface area contributed by atoms with Crippen LogP contribution in [0.4, 0.5) is 0 Å². The smallest absolute Gasteiger partial charge is 0.251 e. The highest BCUT2D eigenvalue weighted by atomic mass is 16.7. The molecule has 1 rings (SSSR count). The summed E-state index contributed by atoms with van der Waals surface area (Å²) in [5, 5.41) is 25.1. The zero-order chi connectivity index (χ0) is 25.9. The number of hydrogen-bond donors (Lipinski definition) is 5. The standard InChI is InChI=1S/C25H41N6O4/c1-20(2)17-19-27-24(33)22(15-11-18-28-25(26)30-31(34)35)29-23(32)16-10-5-3-4-7-12-21-13-8-6-9-14-21/h6,8-9,13-14,19-20,22H,3-5,7,10-12,15-18H2,1-2H3,(H,27,33)(H,29,32)(H3,26,28,30)/t22-/m0/s1. The molecule has 0 spiro atoms. The zero-order valence-corrected chi connectivity index (χ0v) is 21.0. The maximum Gasteiger partial charge on any atom is 0.251 e. The SMILES string of the molecule is CC(C)C[CH]NC(=O)[C@H](CCCNC(=N)N[N+](=O)[O-])NC(=O)CCCCCCCc1ccccc1. The second kappa shape index (κ2) is 18.2. The molecule has 0 aromatic heterocycles. The first-order chi connectivity index (χ1) is 16.8. The fraction of sp³-hybridized carbons (Fsp3) is 0.600. The lowest BCUT2D eigenvalue weighted by Gasteiger charge is -2.19. The van der Waals surface area contributed by atoms with Crippen LogP contribution in [0.3, 0.4) is 0 Å². The molecule has 10 nitrogen and oxygen atoms in total. The Labute approximate surface area is 208 Å². The highest BCUT2D eigenvalue weighted by Gasteiger charge is 2.20. The summed E-state index contributed by atoms with van der Waals surface area (Å²) in [6, 6.07) is 9.71. The molecule has 0 aliphatic heterocycles. The number of guanidine groups is 1. The third-order valence-corrected chi connectivity index (χ3v) is 5.37. The van der Waals surface area contributed by atoms with Crippen LogP contribution in [0.15, 0.2) is 30.3 Å². The second-order valence-electron chi connectivity index (χ2n) is 9.03. The second-order valence-corrected chi connectivity index (χ2v) is 9.03. The van der Waals surface area contributed by atoms with Crippen molar-refractivity contribution in [2.24, 2.45) is 5.92 Å². The number of benzene rings is 1. The van der Waals surface area contributed by atoms with Crippen LogP contribution < -0.4 is 21.4 Å². The van der Waals surface area contributed by atoms with Crippen molar-refractivity contribution in [1.82, 2.24) is 21.4 Å². The largest absolute Gasteiger partial charge is 0.352 e. The van der Waals surface area contributed by atoms with Crippen molar-refractivity contribution in [3.63, 3.8) is 0 Å². The lowest BCUT2D eigenvalue weighted by molar-refractivity contribution is -0.525. The van der Waals surface area contributed by atoms with Crippen LogP contribution in [-0.4, -0.2) is 35.4 Å². The molecule has 1 aromatic rings. The van der Waals surface area contributed by atoms with Gasteiger partial charge in [0.2, 0.25) is 11.8 Å². The summed E-state index contributed by atoms with van der Waals surface area (Å²) in [4.78, 5) is 35.4. The van der Waals surface area contributed by atoms with Crippen LogP contribution in [0.1, 0.15) is 77.2 Å². The van der Waals surface area contributed by atoms with E-state index in [0.29, 0.717) is 25.2 Å². The van der Waals surface area contributed by atoms with Gasteiger partial charge in [-0.05, 0) is 50.0 Å². The Morgan fingerprint density at radius 1 is 1.06 bits per heavy atom. The summed E-state index contributed by atoms with van der Waals surface area (Å²) >= 11 is 0. The molecule has 195 valence electrons. The topological polar surface area (TPSA) is 149 Å². The summed E-state index contributed by atoms with van der Waals surface area (Å²) in [6.07, 6.45) is 8.04. The van der Waals surface area contributed by atoms with Crippen molar-refractivity contribution in [2.45, 2.75) is 84.1 Å². The number of nitrogens with one attached hydrogen (secondary N) is 5. The summed E-state index contributed by atoms with van der Waals surface area (Å²) < 4.78 is 0. The Balaban J connectivity index is 2.32. The van der Waals surface area contributed by atoms with Gasteiger partial charge in [-0.3, -0.25) is 15.0 Å². The Kier molecular flexibility index (Phi) is 15.5. The minimum atomic E-state index is -0.820. The van der Waals surface area contributed by atoms with Crippen LogP contribution in [0.25, 0.3) is 0 Å². The number of aryl methyl sites for hydroxylation is 1. The van der Waals surface area contributed by atoms with E-state index in [1.807, 2.05) is 19.9 Å². The molecule has 10 heteroatoms. The molecule has 1 atom stereocenters. The van der Waals surface area contributed by atoms with E-state index in [0.717, 1.165) is 44.9 Å². The van der Waals surface area contributed by atoms with Gasteiger partial charge in [0.05, 0.1) is 0 Å². The van der Waals surface area contributed by atoms with Gasteiger partial charge < -0.3 is 16.0 Å². The zero-order valence-electron chi connectivity index (χ0n) is 21.0. The first kappa shape index (κ1) is 29.9. The number of hydrogen-bond acceptors (Lipinski definition) is 5. The molecule has 5 N–H and O–H groups in total. The molecule has 0 aliphatic rings. The normalized spacial score (nSPS) is 11.5. The number of carbonyl (C=O) groups excluding carboxylic acids is 2. The molecule has 1 aromatic carbocycles. The first-order valence-corrected chi connectivity index (χ1v) is 12.5. The van der Waals surface area contributed by atoms with E-state index in [2.05, 4.69) is 40.2 Å². The summed E-state index contributed by atoms with van der Waals surface area (Å²) in [6.45, 7) is 6.06. The van der Waals surface area contributed by atoms with E-state index in [9.17, 15) is 19.7 Å². The summed E-state index contributed by atoms with van der Waals surface area (Å²) in [5.74, 6) is -0.457. The minimum absolute atomic E-state index is 0.158.